The first-order valence-corrected chi connectivity index (χ1v) is 22.4. The molecule has 2 aliphatic rings. The fourth-order valence-corrected chi connectivity index (χ4v) is 11.4. The van der Waals surface area contributed by atoms with Gasteiger partial charge < -0.3 is 4.42 Å². The van der Waals surface area contributed by atoms with Crippen LogP contribution in [0.2, 0.25) is 0 Å². The Labute approximate surface area is 378 Å². The molecule has 9 aromatic carbocycles. The largest absolute Gasteiger partial charge is 0.456 e. The molecule has 0 fully saturated rings. The third-order valence-corrected chi connectivity index (χ3v) is 14.1. The highest BCUT2D eigenvalue weighted by molar-refractivity contribution is 6.16. The lowest BCUT2D eigenvalue weighted by Gasteiger charge is -2.38. The van der Waals surface area contributed by atoms with Crippen molar-refractivity contribution in [3.8, 4) is 33.5 Å². The minimum absolute atomic E-state index is 0.635. The van der Waals surface area contributed by atoms with Gasteiger partial charge in [0.2, 0.25) is 0 Å². The monoisotopic (exact) mass is 827 g/mol. The fourth-order valence-electron chi connectivity index (χ4n) is 11.4. The van der Waals surface area contributed by atoms with E-state index in [1.54, 1.807) is 0 Å². The van der Waals surface area contributed by atoms with Crippen LogP contribution in [0.3, 0.4) is 0 Å². The SMILES string of the molecule is c1ccc(-c2ccc3c(c2)C(c2ccccc2)(c2ccccc2)C2=C3C(c3ccccc3)(c3ccccc3)c3cc(-c4ccc(-c5ccc6c(c5)oc5ccccc56)nc4)ccc32)cc1. The van der Waals surface area contributed by atoms with E-state index in [9.17, 15) is 0 Å². The zero-order valence-corrected chi connectivity index (χ0v) is 35.5. The van der Waals surface area contributed by atoms with Crippen molar-refractivity contribution in [1.29, 1.82) is 0 Å². The number of aromatic nitrogens is 1. The average Bonchev–Trinajstić information content (AvgIpc) is 4.02. The second kappa shape index (κ2) is 14.6. The summed E-state index contributed by atoms with van der Waals surface area (Å²) in [6.07, 6.45) is 2.03. The van der Waals surface area contributed by atoms with Gasteiger partial charge in [0.25, 0.3) is 0 Å². The number of rotatable bonds is 7. The highest BCUT2D eigenvalue weighted by atomic mass is 16.3. The number of para-hydroxylation sites is 1. The summed E-state index contributed by atoms with van der Waals surface area (Å²) in [4.78, 5) is 5.10. The topological polar surface area (TPSA) is 26.0 Å². The van der Waals surface area contributed by atoms with Gasteiger partial charge in [-0.1, -0.05) is 206 Å². The van der Waals surface area contributed by atoms with Gasteiger partial charge in [-0.2, -0.15) is 0 Å². The maximum absolute atomic E-state index is 6.26. The molecule has 304 valence electrons. The molecule has 0 bridgehead atoms. The average molecular weight is 828 g/mol. The standard InChI is InChI=1S/C63H41NO/c1-6-18-42(19-7-1)43-30-35-53-55(38-43)62(47-20-8-2-9-21-47,48-22-10-3-11-23-48)61-54-36-31-44(39-56(54)63(60(53)61,49-24-12-4-13-25-49)50-26-14-5-15-27-50)46-33-37-57(64-41-46)45-32-34-52-51-28-16-17-29-58(51)65-59(52)40-45/h1-41H. The Hall–Kier alpha value is -8.33. The quantitative estimate of drug-likeness (QED) is 0.160. The first kappa shape index (κ1) is 37.2. The molecule has 0 atom stereocenters. The lowest BCUT2D eigenvalue weighted by molar-refractivity contribution is 0.669. The van der Waals surface area contributed by atoms with E-state index in [-0.39, 0.29) is 0 Å². The van der Waals surface area contributed by atoms with Crippen LogP contribution in [0.25, 0.3) is 66.6 Å². The van der Waals surface area contributed by atoms with Gasteiger partial charge in [0, 0.05) is 28.1 Å². The highest BCUT2D eigenvalue weighted by Crippen LogP contribution is 2.70. The van der Waals surface area contributed by atoms with Crippen molar-refractivity contribution in [3.63, 3.8) is 0 Å². The second-order valence-corrected chi connectivity index (χ2v) is 17.3. The number of hydrogen-bond acceptors (Lipinski definition) is 2. The molecule has 2 heterocycles. The Balaban J connectivity index is 1.07. The van der Waals surface area contributed by atoms with E-state index >= 15 is 0 Å². The summed E-state index contributed by atoms with van der Waals surface area (Å²) >= 11 is 0. The van der Waals surface area contributed by atoms with Gasteiger partial charge in [-0.15, -0.1) is 0 Å². The van der Waals surface area contributed by atoms with Crippen LogP contribution in [0.15, 0.2) is 253 Å². The molecule has 0 unspecified atom stereocenters. The van der Waals surface area contributed by atoms with E-state index in [1.165, 1.54) is 66.8 Å². The van der Waals surface area contributed by atoms with Crippen molar-refractivity contribution in [2.24, 2.45) is 0 Å². The molecule has 2 aliphatic carbocycles. The normalized spacial score (nSPS) is 14.3. The van der Waals surface area contributed by atoms with E-state index in [1.807, 2.05) is 18.3 Å². The number of allylic oxidation sites excluding steroid dienone is 2. The van der Waals surface area contributed by atoms with E-state index in [0.717, 1.165) is 44.3 Å². The van der Waals surface area contributed by atoms with Crippen LogP contribution in [0, 0.1) is 0 Å². The van der Waals surface area contributed by atoms with Crippen LogP contribution in [-0.4, -0.2) is 4.98 Å². The number of hydrogen-bond donors (Lipinski definition) is 0. The minimum atomic E-state index is -0.660. The number of nitrogens with zero attached hydrogens (tertiary/aromatic N) is 1. The van der Waals surface area contributed by atoms with Crippen molar-refractivity contribution in [2.45, 2.75) is 10.8 Å². The van der Waals surface area contributed by atoms with Gasteiger partial charge in [0.1, 0.15) is 11.2 Å². The van der Waals surface area contributed by atoms with Crippen LogP contribution in [-0.2, 0) is 10.8 Å². The summed E-state index contributed by atoms with van der Waals surface area (Å²) in [6, 6.07) is 89.0. The molecule has 0 radical (unpaired) electrons. The molecule has 13 rings (SSSR count). The molecular weight excluding hydrogens is 787 g/mol. The summed E-state index contributed by atoms with van der Waals surface area (Å²) in [5.41, 5.74) is 19.7. The number of pyridine rings is 1. The molecule has 2 heteroatoms. The van der Waals surface area contributed by atoms with Gasteiger partial charge in [-0.3, -0.25) is 4.98 Å². The van der Waals surface area contributed by atoms with Gasteiger partial charge >= 0.3 is 0 Å². The maximum atomic E-state index is 6.26. The molecule has 11 aromatic rings. The zero-order valence-electron chi connectivity index (χ0n) is 35.5. The number of fused-ring (bicyclic) bond motifs is 7. The van der Waals surface area contributed by atoms with E-state index in [2.05, 4.69) is 231 Å². The second-order valence-electron chi connectivity index (χ2n) is 17.3. The Bertz CT molecular complexity index is 3530. The molecule has 2 nitrogen and oxygen atoms in total. The van der Waals surface area contributed by atoms with Crippen LogP contribution in [0.4, 0.5) is 0 Å². The highest BCUT2D eigenvalue weighted by Gasteiger charge is 2.59. The van der Waals surface area contributed by atoms with Crippen molar-refractivity contribution in [2.75, 3.05) is 0 Å². The predicted octanol–water partition coefficient (Wildman–Crippen LogP) is 15.6. The minimum Gasteiger partial charge on any atom is -0.456 e. The van der Waals surface area contributed by atoms with Crippen molar-refractivity contribution >= 4 is 33.1 Å². The summed E-state index contributed by atoms with van der Waals surface area (Å²) in [5, 5.41) is 2.24. The first-order valence-electron chi connectivity index (χ1n) is 22.4. The third-order valence-electron chi connectivity index (χ3n) is 14.1. The van der Waals surface area contributed by atoms with Gasteiger partial charge in [-0.25, -0.2) is 0 Å². The van der Waals surface area contributed by atoms with E-state index in [0.29, 0.717) is 0 Å². The Morgan fingerprint density at radius 3 is 1.25 bits per heavy atom. The number of benzene rings is 9. The number of furan rings is 1. The molecule has 0 spiro atoms. The van der Waals surface area contributed by atoms with Crippen LogP contribution < -0.4 is 0 Å². The smallest absolute Gasteiger partial charge is 0.136 e. The summed E-state index contributed by atoms with van der Waals surface area (Å²) in [5.74, 6) is 0. The van der Waals surface area contributed by atoms with Crippen LogP contribution in [0.1, 0.15) is 44.5 Å². The molecule has 0 aliphatic heterocycles. The predicted molar refractivity (Wildman–Crippen MR) is 267 cm³/mol. The summed E-state index contributed by atoms with van der Waals surface area (Å²) < 4.78 is 6.26. The molecule has 0 N–H and O–H groups in total. The van der Waals surface area contributed by atoms with E-state index < -0.39 is 10.8 Å². The molecule has 0 saturated carbocycles. The third kappa shape index (κ3) is 5.44. The molecule has 0 amide bonds. The summed E-state index contributed by atoms with van der Waals surface area (Å²) in [6.45, 7) is 0. The Morgan fingerprint density at radius 1 is 0.308 bits per heavy atom. The van der Waals surface area contributed by atoms with E-state index in [4.69, 9.17) is 9.40 Å². The van der Waals surface area contributed by atoms with Crippen LogP contribution >= 0.6 is 0 Å². The lowest BCUT2D eigenvalue weighted by Crippen LogP contribution is -2.30. The fraction of sp³-hybridized carbons (Fsp3) is 0.0317. The molecule has 65 heavy (non-hydrogen) atoms. The van der Waals surface area contributed by atoms with Gasteiger partial charge in [-0.05, 0) is 109 Å². The molecule has 2 aromatic heterocycles. The Kier molecular flexibility index (Phi) is 8.38. The summed E-state index contributed by atoms with van der Waals surface area (Å²) in [7, 11) is 0. The molecule has 0 saturated heterocycles. The van der Waals surface area contributed by atoms with Gasteiger partial charge in [0.05, 0.1) is 16.5 Å². The zero-order chi connectivity index (χ0) is 43.0. The van der Waals surface area contributed by atoms with Crippen molar-refractivity contribution in [1.82, 2.24) is 4.98 Å². The maximum Gasteiger partial charge on any atom is 0.136 e. The van der Waals surface area contributed by atoms with Crippen molar-refractivity contribution < 1.29 is 4.42 Å². The lowest BCUT2D eigenvalue weighted by atomic mass is 9.63. The molecular formula is C63H41NO. The van der Waals surface area contributed by atoms with Crippen LogP contribution in [0.5, 0.6) is 0 Å². The Morgan fingerprint density at radius 2 is 0.738 bits per heavy atom. The first-order chi connectivity index (χ1) is 32.2. The van der Waals surface area contributed by atoms with Crippen molar-refractivity contribution in [3.05, 3.63) is 293 Å². The van der Waals surface area contributed by atoms with Gasteiger partial charge in [0.15, 0.2) is 0 Å².